The van der Waals surface area contributed by atoms with E-state index >= 15 is 0 Å². The first-order valence-electron chi connectivity index (χ1n) is 6.86. The van der Waals surface area contributed by atoms with Gasteiger partial charge in [-0.15, -0.1) is 13.2 Å². The third-order valence-corrected chi connectivity index (χ3v) is 3.36. The molecule has 0 amide bonds. The standard InChI is InChI=1S/C16H14F3NO2/c17-16(18,19)22-14-5-3-13(4-6-14)21-15-2-1-12-10-20-8-7-11(12)9-15/h1-6,9,20H,7-8,10H2. The van der Waals surface area contributed by atoms with Gasteiger partial charge in [0.05, 0.1) is 0 Å². The van der Waals surface area contributed by atoms with Gasteiger partial charge in [-0.1, -0.05) is 6.07 Å². The number of fused-ring (bicyclic) bond motifs is 1. The van der Waals surface area contributed by atoms with Gasteiger partial charge in [-0.2, -0.15) is 0 Å². The monoisotopic (exact) mass is 309 g/mol. The quantitative estimate of drug-likeness (QED) is 0.929. The number of benzene rings is 2. The van der Waals surface area contributed by atoms with Gasteiger partial charge in [-0.05, 0) is 60.5 Å². The molecule has 0 fully saturated rings. The van der Waals surface area contributed by atoms with Crippen LogP contribution in [0.3, 0.4) is 0 Å². The molecular weight excluding hydrogens is 295 g/mol. The molecule has 0 atom stereocenters. The van der Waals surface area contributed by atoms with E-state index in [9.17, 15) is 13.2 Å². The van der Waals surface area contributed by atoms with Crippen molar-refractivity contribution in [1.82, 2.24) is 5.32 Å². The zero-order valence-electron chi connectivity index (χ0n) is 11.6. The van der Waals surface area contributed by atoms with Gasteiger partial charge in [0.25, 0.3) is 0 Å². The van der Waals surface area contributed by atoms with E-state index in [2.05, 4.69) is 10.1 Å². The number of rotatable bonds is 3. The maximum absolute atomic E-state index is 12.1. The molecule has 6 heteroatoms. The summed E-state index contributed by atoms with van der Waals surface area (Å²) in [6, 6.07) is 11.2. The molecule has 1 aliphatic rings. The van der Waals surface area contributed by atoms with Crippen LogP contribution in [0.25, 0.3) is 0 Å². The van der Waals surface area contributed by atoms with Crippen LogP contribution in [-0.4, -0.2) is 12.9 Å². The van der Waals surface area contributed by atoms with Crippen LogP contribution in [0.2, 0.25) is 0 Å². The fourth-order valence-corrected chi connectivity index (χ4v) is 2.36. The first-order chi connectivity index (χ1) is 10.5. The predicted molar refractivity (Wildman–Crippen MR) is 75.1 cm³/mol. The highest BCUT2D eigenvalue weighted by Gasteiger charge is 2.30. The Balaban J connectivity index is 1.70. The highest BCUT2D eigenvalue weighted by Crippen LogP contribution is 2.28. The minimum atomic E-state index is -4.69. The molecule has 0 spiro atoms. The molecule has 1 heterocycles. The van der Waals surface area contributed by atoms with E-state index < -0.39 is 6.36 Å². The Hall–Kier alpha value is -2.21. The van der Waals surface area contributed by atoms with Gasteiger partial charge in [0.15, 0.2) is 0 Å². The minimum absolute atomic E-state index is 0.267. The third-order valence-electron chi connectivity index (χ3n) is 3.36. The Labute approximate surface area is 125 Å². The maximum atomic E-state index is 12.1. The summed E-state index contributed by atoms with van der Waals surface area (Å²) in [5.41, 5.74) is 2.47. The molecule has 0 aliphatic carbocycles. The molecule has 2 aromatic carbocycles. The average Bonchev–Trinajstić information content (AvgIpc) is 2.48. The van der Waals surface area contributed by atoms with E-state index in [1.165, 1.54) is 35.4 Å². The van der Waals surface area contributed by atoms with Crippen LogP contribution in [0.15, 0.2) is 42.5 Å². The van der Waals surface area contributed by atoms with Gasteiger partial charge in [0.1, 0.15) is 17.2 Å². The van der Waals surface area contributed by atoms with Crippen LogP contribution >= 0.6 is 0 Å². The maximum Gasteiger partial charge on any atom is 0.573 e. The zero-order valence-corrected chi connectivity index (χ0v) is 11.6. The van der Waals surface area contributed by atoms with Crippen LogP contribution in [0.1, 0.15) is 11.1 Å². The Morgan fingerprint density at radius 1 is 0.864 bits per heavy atom. The second-order valence-electron chi connectivity index (χ2n) is 4.98. The van der Waals surface area contributed by atoms with Crippen molar-refractivity contribution in [1.29, 1.82) is 0 Å². The Bertz CT molecular complexity index is 653. The lowest BCUT2D eigenvalue weighted by molar-refractivity contribution is -0.274. The lowest BCUT2D eigenvalue weighted by Crippen LogP contribution is -2.23. The van der Waals surface area contributed by atoms with Gasteiger partial charge < -0.3 is 14.8 Å². The van der Waals surface area contributed by atoms with Crippen molar-refractivity contribution in [2.24, 2.45) is 0 Å². The zero-order chi connectivity index (χ0) is 15.6. The smallest absolute Gasteiger partial charge is 0.457 e. The highest BCUT2D eigenvalue weighted by molar-refractivity contribution is 5.40. The van der Waals surface area contributed by atoms with E-state index in [0.717, 1.165) is 19.5 Å². The summed E-state index contributed by atoms with van der Waals surface area (Å²) < 4.78 is 45.8. The van der Waals surface area contributed by atoms with Crippen LogP contribution in [0, 0.1) is 0 Å². The first kappa shape index (κ1) is 14.7. The van der Waals surface area contributed by atoms with E-state index in [1.54, 1.807) is 0 Å². The summed E-state index contributed by atoms with van der Waals surface area (Å²) in [5.74, 6) is 0.866. The van der Waals surface area contributed by atoms with Crippen LogP contribution in [0.5, 0.6) is 17.2 Å². The normalized spacial score (nSPS) is 14.3. The fourth-order valence-electron chi connectivity index (χ4n) is 2.36. The number of hydrogen-bond donors (Lipinski definition) is 1. The van der Waals surface area contributed by atoms with Gasteiger partial charge >= 0.3 is 6.36 Å². The van der Waals surface area contributed by atoms with Gasteiger partial charge in [-0.25, -0.2) is 0 Å². The molecule has 0 saturated carbocycles. The summed E-state index contributed by atoms with van der Waals surface area (Å²) in [4.78, 5) is 0. The predicted octanol–water partition coefficient (Wildman–Crippen LogP) is 4.02. The van der Waals surface area contributed by atoms with Crippen LogP contribution in [-0.2, 0) is 13.0 Å². The van der Waals surface area contributed by atoms with Gasteiger partial charge in [0, 0.05) is 6.54 Å². The number of ether oxygens (including phenoxy) is 2. The van der Waals surface area contributed by atoms with Crippen molar-refractivity contribution in [2.75, 3.05) is 6.54 Å². The van der Waals surface area contributed by atoms with Crippen molar-refractivity contribution in [3.8, 4) is 17.2 Å². The number of nitrogens with one attached hydrogen (secondary N) is 1. The number of alkyl halides is 3. The second kappa shape index (κ2) is 5.88. The first-order valence-corrected chi connectivity index (χ1v) is 6.86. The highest BCUT2D eigenvalue weighted by atomic mass is 19.4. The second-order valence-corrected chi connectivity index (χ2v) is 4.98. The molecule has 0 bridgehead atoms. The van der Waals surface area contributed by atoms with Gasteiger partial charge in [0.2, 0.25) is 0 Å². The molecule has 2 aromatic rings. The molecule has 116 valence electrons. The topological polar surface area (TPSA) is 30.5 Å². The largest absolute Gasteiger partial charge is 0.573 e. The summed E-state index contributed by atoms with van der Waals surface area (Å²) in [6.45, 7) is 1.78. The number of hydrogen-bond acceptors (Lipinski definition) is 3. The molecule has 0 unspecified atom stereocenters. The third kappa shape index (κ3) is 3.71. The molecule has 22 heavy (non-hydrogen) atoms. The molecule has 1 N–H and O–H groups in total. The lowest BCUT2D eigenvalue weighted by Gasteiger charge is -2.18. The molecule has 3 nitrogen and oxygen atoms in total. The molecular formula is C16H14F3NO2. The Kier molecular flexibility index (Phi) is 3.94. The van der Waals surface area contributed by atoms with Crippen LogP contribution < -0.4 is 14.8 Å². The summed E-state index contributed by atoms with van der Waals surface area (Å²) in [6.07, 6.45) is -3.75. The van der Waals surface area contributed by atoms with Crippen molar-refractivity contribution < 1.29 is 22.6 Å². The molecule has 0 radical (unpaired) electrons. The molecule has 0 saturated heterocycles. The average molecular weight is 309 g/mol. The van der Waals surface area contributed by atoms with Crippen molar-refractivity contribution in [2.45, 2.75) is 19.3 Å². The minimum Gasteiger partial charge on any atom is -0.457 e. The lowest BCUT2D eigenvalue weighted by atomic mass is 10.0. The molecule has 3 rings (SSSR count). The van der Waals surface area contributed by atoms with Crippen molar-refractivity contribution >= 4 is 0 Å². The van der Waals surface area contributed by atoms with Crippen molar-refractivity contribution in [3.63, 3.8) is 0 Å². The molecule has 1 aliphatic heterocycles. The SMILES string of the molecule is FC(F)(F)Oc1ccc(Oc2ccc3c(c2)CCNC3)cc1. The number of halogens is 3. The Morgan fingerprint density at radius 2 is 1.55 bits per heavy atom. The van der Waals surface area contributed by atoms with E-state index in [-0.39, 0.29) is 5.75 Å². The van der Waals surface area contributed by atoms with E-state index in [0.29, 0.717) is 11.5 Å². The van der Waals surface area contributed by atoms with Gasteiger partial charge in [-0.3, -0.25) is 0 Å². The Morgan fingerprint density at radius 3 is 2.27 bits per heavy atom. The van der Waals surface area contributed by atoms with E-state index in [1.807, 2.05) is 18.2 Å². The van der Waals surface area contributed by atoms with E-state index in [4.69, 9.17) is 4.74 Å². The summed E-state index contributed by atoms with van der Waals surface area (Å²) in [7, 11) is 0. The van der Waals surface area contributed by atoms with Crippen LogP contribution in [0.4, 0.5) is 13.2 Å². The fraction of sp³-hybridized carbons (Fsp3) is 0.250. The molecule has 0 aromatic heterocycles. The summed E-state index contributed by atoms with van der Waals surface area (Å²) >= 11 is 0. The van der Waals surface area contributed by atoms with Crippen molar-refractivity contribution in [3.05, 3.63) is 53.6 Å². The summed E-state index contributed by atoms with van der Waals surface area (Å²) in [5, 5.41) is 3.29.